The van der Waals surface area contributed by atoms with E-state index in [4.69, 9.17) is 14.2 Å². The molecule has 1 amide bonds. The van der Waals surface area contributed by atoms with E-state index in [0.29, 0.717) is 30.0 Å². The van der Waals surface area contributed by atoms with Crippen LogP contribution in [0.15, 0.2) is 36.6 Å². The minimum atomic E-state index is -0.492. The van der Waals surface area contributed by atoms with Crippen molar-refractivity contribution in [3.05, 3.63) is 42.1 Å². The maximum absolute atomic E-state index is 12.4. The van der Waals surface area contributed by atoms with Gasteiger partial charge in [-0.2, -0.15) is 0 Å². The van der Waals surface area contributed by atoms with Gasteiger partial charge in [0, 0.05) is 6.42 Å². The number of carbonyl (C=O) groups excluding carboxylic acids is 2. The molecular formula is C17H15NO5. The van der Waals surface area contributed by atoms with Gasteiger partial charge in [-0.1, -0.05) is 18.7 Å². The molecule has 1 fully saturated rings. The van der Waals surface area contributed by atoms with E-state index in [9.17, 15) is 9.59 Å². The van der Waals surface area contributed by atoms with Gasteiger partial charge < -0.3 is 19.1 Å². The van der Waals surface area contributed by atoms with Gasteiger partial charge in [-0.25, -0.2) is 4.79 Å². The first-order chi connectivity index (χ1) is 11.2. The average molecular weight is 313 g/mol. The number of esters is 1. The summed E-state index contributed by atoms with van der Waals surface area (Å²) in [5.74, 6) is 0.793. The van der Waals surface area contributed by atoms with Crippen LogP contribution >= 0.6 is 0 Å². The monoisotopic (exact) mass is 313 g/mol. The Morgan fingerprint density at radius 3 is 2.96 bits per heavy atom. The molecule has 3 aliphatic heterocycles. The van der Waals surface area contributed by atoms with E-state index in [1.54, 1.807) is 4.90 Å². The molecule has 0 bridgehead atoms. The Hall–Kier alpha value is -2.76. The zero-order valence-electron chi connectivity index (χ0n) is 12.4. The lowest BCUT2D eigenvalue weighted by atomic mass is 9.97. The zero-order valence-corrected chi connectivity index (χ0v) is 12.4. The number of β-lactam (4-membered cyclic amide) rings is 1. The van der Waals surface area contributed by atoms with Crippen LogP contribution in [0.3, 0.4) is 0 Å². The van der Waals surface area contributed by atoms with E-state index >= 15 is 0 Å². The Bertz CT molecular complexity index is 751. The van der Waals surface area contributed by atoms with Gasteiger partial charge in [0.15, 0.2) is 11.5 Å². The number of hydrogen-bond acceptors (Lipinski definition) is 5. The van der Waals surface area contributed by atoms with Crippen LogP contribution in [0, 0.1) is 0 Å². The van der Waals surface area contributed by atoms with E-state index in [0.717, 1.165) is 11.1 Å². The number of ether oxygens (including phenoxy) is 3. The minimum Gasteiger partial charge on any atom is -0.457 e. The van der Waals surface area contributed by atoms with Gasteiger partial charge in [-0.05, 0) is 29.7 Å². The number of carbonyl (C=O) groups is 2. The number of amides is 1. The lowest BCUT2D eigenvalue weighted by Crippen LogP contribution is -2.49. The molecular weight excluding hydrogens is 298 g/mol. The summed E-state index contributed by atoms with van der Waals surface area (Å²) in [6.07, 6.45) is 2.61. The number of fused-ring (bicyclic) bond motifs is 2. The predicted octanol–water partition coefficient (Wildman–Crippen LogP) is 1.86. The highest BCUT2D eigenvalue weighted by Crippen LogP contribution is 2.45. The molecule has 3 heterocycles. The molecule has 3 aliphatic rings. The second-order valence-electron chi connectivity index (χ2n) is 5.61. The van der Waals surface area contributed by atoms with Crippen molar-refractivity contribution < 1.29 is 23.8 Å². The van der Waals surface area contributed by atoms with Crippen molar-refractivity contribution in [1.82, 2.24) is 4.90 Å². The normalized spacial score (nSPS) is 21.1. The van der Waals surface area contributed by atoms with Crippen molar-refractivity contribution >= 4 is 17.4 Å². The van der Waals surface area contributed by atoms with Crippen LogP contribution in [-0.2, 0) is 14.3 Å². The second-order valence-corrected chi connectivity index (χ2v) is 5.61. The van der Waals surface area contributed by atoms with Gasteiger partial charge in [0.2, 0.25) is 12.7 Å². The minimum absolute atomic E-state index is 0.0451. The van der Waals surface area contributed by atoms with Crippen molar-refractivity contribution in [2.24, 2.45) is 0 Å². The Balaban J connectivity index is 1.74. The average Bonchev–Trinajstić information content (AvgIpc) is 3.13. The number of hydrogen-bond donors (Lipinski definition) is 0. The summed E-state index contributed by atoms with van der Waals surface area (Å²) >= 11 is 0. The van der Waals surface area contributed by atoms with E-state index in [-0.39, 0.29) is 25.3 Å². The molecule has 1 aromatic carbocycles. The molecule has 6 heteroatoms. The molecule has 0 spiro atoms. The van der Waals surface area contributed by atoms with Crippen molar-refractivity contribution in [1.29, 1.82) is 0 Å². The number of rotatable bonds is 4. The summed E-state index contributed by atoms with van der Waals surface area (Å²) < 4.78 is 15.9. The summed E-state index contributed by atoms with van der Waals surface area (Å²) in [5, 5.41) is 0. The number of benzene rings is 1. The molecule has 0 saturated carbocycles. The molecule has 118 valence electrons. The highest BCUT2D eigenvalue weighted by atomic mass is 16.7. The fraction of sp³-hybridized carbons (Fsp3) is 0.294. The first-order valence-electron chi connectivity index (χ1n) is 7.42. The summed E-state index contributed by atoms with van der Waals surface area (Å²) in [4.78, 5) is 25.8. The van der Waals surface area contributed by atoms with Crippen LogP contribution in [-0.4, -0.2) is 36.2 Å². The van der Waals surface area contributed by atoms with Crippen LogP contribution < -0.4 is 9.47 Å². The standard InChI is InChI=1S/C17H15NO5/c1-2-5-21-17(20)16-12(7-11-8-15(19)18(11)16)10-3-4-13-14(6-10)23-9-22-13/h2-4,6,11H,1,5,7-9H2. The van der Waals surface area contributed by atoms with Gasteiger partial charge >= 0.3 is 5.97 Å². The number of nitrogens with zero attached hydrogens (tertiary/aromatic N) is 1. The van der Waals surface area contributed by atoms with Crippen LogP contribution in [0.2, 0.25) is 0 Å². The SMILES string of the molecule is C=CCOC(=O)C1=C(c2ccc3c(c2)OCO3)CC2CC(=O)N12. The second kappa shape index (κ2) is 5.15. The summed E-state index contributed by atoms with van der Waals surface area (Å²) in [6.45, 7) is 3.84. The van der Waals surface area contributed by atoms with Crippen LogP contribution in [0.5, 0.6) is 11.5 Å². The van der Waals surface area contributed by atoms with Crippen molar-refractivity contribution in [3.8, 4) is 11.5 Å². The molecule has 1 saturated heterocycles. The van der Waals surface area contributed by atoms with Crippen LogP contribution in [0.4, 0.5) is 0 Å². The van der Waals surface area contributed by atoms with Crippen LogP contribution in [0.25, 0.3) is 5.57 Å². The van der Waals surface area contributed by atoms with Gasteiger partial charge in [0.1, 0.15) is 12.3 Å². The Morgan fingerprint density at radius 2 is 2.17 bits per heavy atom. The summed E-state index contributed by atoms with van der Waals surface area (Å²) in [5.41, 5.74) is 2.00. The summed E-state index contributed by atoms with van der Waals surface area (Å²) in [6, 6.07) is 5.58. The molecule has 0 aromatic heterocycles. The molecule has 0 radical (unpaired) electrons. The molecule has 1 aromatic rings. The molecule has 4 rings (SSSR count). The van der Waals surface area contributed by atoms with Crippen molar-refractivity contribution in [3.63, 3.8) is 0 Å². The Labute approximate surface area is 132 Å². The maximum Gasteiger partial charge on any atom is 0.355 e. The first kappa shape index (κ1) is 13.9. The third-order valence-electron chi connectivity index (χ3n) is 4.26. The molecule has 0 N–H and O–H groups in total. The van der Waals surface area contributed by atoms with E-state index < -0.39 is 5.97 Å². The Morgan fingerprint density at radius 1 is 1.35 bits per heavy atom. The largest absolute Gasteiger partial charge is 0.457 e. The third-order valence-corrected chi connectivity index (χ3v) is 4.26. The van der Waals surface area contributed by atoms with Crippen molar-refractivity contribution in [2.45, 2.75) is 18.9 Å². The molecule has 1 unspecified atom stereocenters. The molecule has 23 heavy (non-hydrogen) atoms. The van der Waals surface area contributed by atoms with Gasteiger partial charge in [-0.15, -0.1) is 0 Å². The smallest absolute Gasteiger partial charge is 0.355 e. The van der Waals surface area contributed by atoms with Gasteiger partial charge in [0.25, 0.3) is 0 Å². The van der Waals surface area contributed by atoms with E-state index in [1.165, 1.54) is 6.08 Å². The fourth-order valence-electron chi connectivity index (χ4n) is 3.19. The predicted molar refractivity (Wildman–Crippen MR) is 80.5 cm³/mol. The lowest BCUT2D eigenvalue weighted by Gasteiger charge is -2.35. The lowest BCUT2D eigenvalue weighted by molar-refractivity contribution is -0.149. The molecule has 0 aliphatic carbocycles. The van der Waals surface area contributed by atoms with E-state index in [1.807, 2.05) is 18.2 Å². The summed E-state index contributed by atoms with van der Waals surface area (Å²) in [7, 11) is 0. The first-order valence-corrected chi connectivity index (χ1v) is 7.42. The molecule has 1 atom stereocenters. The molecule has 6 nitrogen and oxygen atoms in total. The topological polar surface area (TPSA) is 65.1 Å². The van der Waals surface area contributed by atoms with Crippen molar-refractivity contribution in [2.75, 3.05) is 13.4 Å². The van der Waals surface area contributed by atoms with E-state index in [2.05, 4.69) is 6.58 Å². The fourth-order valence-corrected chi connectivity index (χ4v) is 3.19. The zero-order chi connectivity index (χ0) is 16.0. The maximum atomic E-state index is 12.4. The highest BCUT2D eigenvalue weighted by Gasteiger charge is 2.48. The van der Waals surface area contributed by atoms with Crippen LogP contribution in [0.1, 0.15) is 18.4 Å². The quantitative estimate of drug-likeness (QED) is 0.482. The highest BCUT2D eigenvalue weighted by molar-refractivity contribution is 6.06. The third kappa shape index (κ3) is 2.10. The van der Waals surface area contributed by atoms with Gasteiger partial charge in [-0.3, -0.25) is 4.79 Å². The van der Waals surface area contributed by atoms with Gasteiger partial charge in [0.05, 0.1) is 6.04 Å². The Kier molecular flexibility index (Phi) is 3.11.